The van der Waals surface area contributed by atoms with Crippen molar-refractivity contribution >= 4 is 28.6 Å². The summed E-state index contributed by atoms with van der Waals surface area (Å²) in [5, 5.41) is 2.95. The van der Waals surface area contributed by atoms with Crippen LogP contribution in [0.1, 0.15) is 22.2 Å². The SMILES string of the molecule is CCOc1ccc(CN2CCN(C(=O)c3cnc(-c4cccs4)s3)CC2)cc1. The topological polar surface area (TPSA) is 45.7 Å². The Morgan fingerprint density at radius 1 is 1.14 bits per heavy atom. The molecule has 28 heavy (non-hydrogen) atoms. The predicted molar refractivity (Wildman–Crippen MR) is 114 cm³/mol. The number of thiophene rings is 1. The molecular weight excluding hydrogens is 390 g/mol. The van der Waals surface area contributed by atoms with Crippen LogP contribution in [-0.2, 0) is 6.54 Å². The fourth-order valence-electron chi connectivity index (χ4n) is 3.27. The van der Waals surface area contributed by atoms with E-state index in [9.17, 15) is 4.79 Å². The summed E-state index contributed by atoms with van der Waals surface area (Å²) >= 11 is 3.13. The van der Waals surface area contributed by atoms with Gasteiger partial charge in [-0.15, -0.1) is 22.7 Å². The molecule has 1 saturated heterocycles. The summed E-state index contributed by atoms with van der Waals surface area (Å²) < 4.78 is 5.50. The Morgan fingerprint density at radius 3 is 2.61 bits per heavy atom. The summed E-state index contributed by atoms with van der Waals surface area (Å²) in [5.41, 5.74) is 1.27. The van der Waals surface area contributed by atoms with Gasteiger partial charge in [0.25, 0.3) is 5.91 Å². The minimum atomic E-state index is 0.0982. The van der Waals surface area contributed by atoms with Crippen molar-refractivity contribution in [2.75, 3.05) is 32.8 Å². The van der Waals surface area contributed by atoms with Gasteiger partial charge < -0.3 is 9.64 Å². The van der Waals surface area contributed by atoms with E-state index in [1.54, 1.807) is 17.5 Å². The van der Waals surface area contributed by atoms with Crippen LogP contribution in [0.15, 0.2) is 48.0 Å². The first-order chi connectivity index (χ1) is 13.7. The number of piperazine rings is 1. The van der Waals surface area contributed by atoms with Gasteiger partial charge in [-0.2, -0.15) is 0 Å². The summed E-state index contributed by atoms with van der Waals surface area (Å²) in [4.78, 5) is 23.4. The summed E-state index contributed by atoms with van der Waals surface area (Å²) in [7, 11) is 0. The van der Waals surface area contributed by atoms with E-state index in [1.165, 1.54) is 16.9 Å². The van der Waals surface area contributed by atoms with Gasteiger partial charge in [-0.25, -0.2) is 4.98 Å². The Labute approximate surface area is 173 Å². The average molecular weight is 414 g/mol. The number of amides is 1. The summed E-state index contributed by atoms with van der Waals surface area (Å²) in [6.45, 7) is 6.85. The van der Waals surface area contributed by atoms with Crippen LogP contribution in [-0.4, -0.2) is 53.5 Å². The molecule has 5 nitrogen and oxygen atoms in total. The average Bonchev–Trinajstić information content (AvgIpc) is 3.42. The van der Waals surface area contributed by atoms with Crippen LogP contribution in [0.5, 0.6) is 5.75 Å². The molecule has 0 saturated carbocycles. The molecular formula is C21H23N3O2S2. The van der Waals surface area contributed by atoms with Crippen LogP contribution in [0.3, 0.4) is 0 Å². The lowest BCUT2D eigenvalue weighted by molar-refractivity contribution is 0.0633. The minimum absolute atomic E-state index is 0.0982. The van der Waals surface area contributed by atoms with E-state index in [-0.39, 0.29) is 5.91 Å². The van der Waals surface area contributed by atoms with Crippen molar-refractivity contribution in [2.45, 2.75) is 13.5 Å². The maximum Gasteiger partial charge on any atom is 0.265 e. The maximum atomic E-state index is 12.8. The Kier molecular flexibility index (Phi) is 6.04. The van der Waals surface area contributed by atoms with Gasteiger partial charge in [0, 0.05) is 32.7 Å². The highest BCUT2D eigenvalue weighted by Crippen LogP contribution is 2.29. The molecule has 3 heterocycles. The third-order valence-electron chi connectivity index (χ3n) is 4.75. The van der Waals surface area contributed by atoms with Gasteiger partial charge in [0.1, 0.15) is 15.6 Å². The molecule has 3 aromatic rings. The number of nitrogens with zero attached hydrogens (tertiary/aromatic N) is 3. The molecule has 1 fully saturated rings. The van der Waals surface area contributed by atoms with E-state index >= 15 is 0 Å². The fraction of sp³-hybridized carbons (Fsp3) is 0.333. The molecule has 1 amide bonds. The van der Waals surface area contributed by atoms with Crippen molar-refractivity contribution in [2.24, 2.45) is 0 Å². The molecule has 1 aliphatic heterocycles. The van der Waals surface area contributed by atoms with Crippen LogP contribution in [0.25, 0.3) is 9.88 Å². The second-order valence-corrected chi connectivity index (χ2v) is 8.63. The number of hydrogen-bond donors (Lipinski definition) is 0. The zero-order valence-electron chi connectivity index (χ0n) is 15.8. The fourth-order valence-corrected chi connectivity index (χ4v) is 4.96. The summed E-state index contributed by atoms with van der Waals surface area (Å²) in [5.74, 6) is 1.01. The lowest BCUT2D eigenvalue weighted by Gasteiger charge is -2.34. The highest BCUT2D eigenvalue weighted by molar-refractivity contribution is 7.21. The van der Waals surface area contributed by atoms with Gasteiger partial charge in [-0.3, -0.25) is 9.69 Å². The molecule has 7 heteroatoms. The normalized spacial score (nSPS) is 15.0. The smallest absolute Gasteiger partial charge is 0.265 e. The lowest BCUT2D eigenvalue weighted by atomic mass is 10.2. The highest BCUT2D eigenvalue weighted by atomic mass is 32.1. The Hall–Kier alpha value is -2.22. The maximum absolute atomic E-state index is 12.8. The molecule has 0 bridgehead atoms. The number of carbonyl (C=O) groups is 1. The number of thiazole rings is 1. The van der Waals surface area contributed by atoms with E-state index in [2.05, 4.69) is 22.0 Å². The molecule has 0 atom stereocenters. The first-order valence-electron chi connectivity index (χ1n) is 9.46. The predicted octanol–water partition coefficient (Wildman–Crippen LogP) is 4.23. The molecule has 0 aliphatic carbocycles. The number of ether oxygens (including phenoxy) is 1. The zero-order chi connectivity index (χ0) is 19.3. The van der Waals surface area contributed by atoms with Gasteiger partial charge in [0.05, 0.1) is 17.7 Å². The third kappa shape index (κ3) is 4.43. The van der Waals surface area contributed by atoms with Crippen molar-refractivity contribution in [3.05, 3.63) is 58.4 Å². The van der Waals surface area contributed by atoms with Gasteiger partial charge in [0.2, 0.25) is 0 Å². The third-order valence-corrected chi connectivity index (χ3v) is 6.77. The van der Waals surface area contributed by atoms with Crippen LogP contribution in [0.4, 0.5) is 0 Å². The molecule has 0 spiro atoms. The van der Waals surface area contributed by atoms with E-state index in [4.69, 9.17) is 4.74 Å². The van der Waals surface area contributed by atoms with Crippen molar-refractivity contribution in [1.29, 1.82) is 0 Å². The summed E-state index contributed by atoms with van der Waals surface area (Å²) in [6.07, 6.45) is 1.72. The second kappa shape index (κ2) is 8.86. The van der Waals surface area contributed by atoms with E-state index in [1.807, 2.05) is 41.5 Å². The molecule has 1 aliphatic rings. The minimum Gasteiger partial charge on any atom is -0.494 e. The van der Waals surface area contributed by atoms with Crippen LogP contribution in [0, 0.1) is 0 Å². The largest absolute Gasteiger partial charge is 0.494 e. The molecule has 4 rings (SSSR count). The molecule has 1 aromatic carbocycles. The Morgan fingerprint density at radius 2 is 1.93 bits per heavy atom. The molecule has 0 N–H and O–H groups in total. The Balaban J connectivity index is 1.30. The molecule has 0 unspecified atom stereocenters. The van der Waals surface area contributed by atoms with Crippen molar-refractivity contribution < 1.29 is 9.53 Å². The van der Waals surface area contributed by atoms with Crippen molar-refractivity contribution in [1.82, 2.24) is 14.8 Å². The van der Waals surface area contributed by atoms with Crippen molar-refractivity contribution in [3.8, 4) is 15.6 Å². The second-order valence-electron chi connectivity index (χ2n) is 6.65. The zero-order valence-corrected chi connectivity index (χ0v) is 17.5. The molecule has 0 radical (unpaired) electrons. The number of hydrogen-bond acceptors (Lipinski definition) is 6. The van der Waals surface area contributed by atoms with E-state index in [0.717, 1.165) is 53.2 Å². The van der Waals surface area contributed by atoms with Crippen molar-refractivity contribution in [3.63, 3.8) is 0 Å². The number of aromatic nitrogens is 1. The number of rotatable bonds is 6. The standard InChI is InChI=1S/C21H23N3O2S2/c1-2-26-17-7-5-16(6-8-17)15-23-9-11-24(12-10-23)21(25)19-14-22-20(28-19)18-4-3-13-27-18/h3-8,13-14H,2,9-12,15H2,1H3. The van der Waals surface area contributed by atoms with Crippen LogP contribution < -0.4 is 4.74 Å². The van der Waals surface area contributed by atoms with Gasteiger partial charge in [-0.1, -0.05) is 18.2 Å². The first-order valence-corrected chi connectivity index (χ1v) is 11.2. The number of carbonyl (C=O) groups excluding carboxylic acids is 1. The molecule has 2 aromatic heterocycles. The van der Waals surface area contributed by atoms with E-state index < -0.39 is 0 Å². The quantitative estimate of drug-likeness (QED) is 0.607. The monoisotopic (exact) mass is 413 g/mol. The lowest BCUT2D eigenvalue weighted by Crippen LogP contribution is -2.48. The van der Waals surface area contributed by atoms with Gasteiger partial charge >= 0.3 is 0 Å². The molecule has 146 valence electrons. The van der Waals surface area contributed by atoms with Gasteiger partial charge in [0.15, 0.2) is 0 Å². The Bertz CT molecular complexity index is 898. The van der Waals surface area contributed by atoms with Crippen LogP contribution in [0.2, 0.25) is 0 Å². The summed E-state index contributed by atoms with van der Waals surface area (Å²) in [6, 6.07) is 12.3. The van der Waals surface area contributed by atoms with Gasteiger partial charge in [-0.05, 0) is 36.1 Å². The number of benzene rings is 1. The van der Waals surface area contributed by atoms with Crippen LogP contribution >= 0.6 is 22.7 Å². The first kappa shape index (κ1) is 19.1. The highest BCUT2D eigenvalue weighted by Gasteiger charge is 2.24. The van der Waals surface area contributed by atoms with E-state index in [0.29, 0.717) is 6.61 Å².